The van der Waals surface area contributed by atoms with Crippen LogP contribution in [0.1, 0.15) is 5.69 Å². The van der Waals surface area contributed by atoms with E-state index in [2.05, 4.69) is 31.2 Å². The maximum Gasteiger partial charge on any atom is 0.221 e. The van der Waals surface area contributed by atoms with Gasteiger partial charge in [-0.25, -0.2) is 14.4 Å². The second kappa shape index (κ2) is 8.16. The van der Waals surface area contributed by atoms with Gasteiger partial charge in [0.05, 0.1) is 17.6 Å². The van der Waals surface area contributed by atoms with Gasteiger partial charge in [0.25, 0.3) is 0 Å². The van der Waals surface area contributed by atoms with E-state index in [-0.39, 0.29) is 0 Å². The van der Waals surface area contributed by atoms with E-state index >= 15 is 0 Å². The third-order valence-electron chi connectivity index (χ3n) is 4.79. The molecule has 4 aromatic rings. The van der Waals surface area contributed by atoms with Gasteiger partial charge in [-0.2, -0.15) is 0 Å². The number of fused-ring (bicyclic) bond motifs is 1. The number of aryl methyl sites for hydroxylation is 1. The summed E-state index contributed by atoms with van der Waals surface area (Å²) < 4.78 is 20.9. The summed E-state index contributed by atoms with van der Waals surface area (Å²) >= 11 is 9.60. The lowest BCUT2D eigenvalue weighted by Crippen LogP contribution is -1.97. The van der Waals surface area contributed by atoms with Crippen LogP contribution in [0, 0.1) is 12.7 Å². The zero-order chi connectivity index (χ0) is 21.4. The average molecular weight is 488 g/mol. The third kappa shape index (κ3) is 3.70. The molecule has 30 heavy (non-hydrogen) atoms. The Labute approximate surface area is 186 Å². The number of nitrogens with one attached hydrogen (secondary N) is 1. The number of hydrogen-bond acceptors (Lipinski definition) is 5. The van der Waals surface area contributed by atoms with Gasteiger partial charge >= 0.3 is 0 Å². The molecule has 8 heteroatoms. The average Bonchev–Trinajstić information content (AvgIpc) is 2.73. The molecule has 0 atom stereocenters. The molecule has 0 amide bonds. The van der Waals surface area contributed by atoms with Crippen molar-refractivity contribution in [3.8, 4) is 28.1 Å². The van der Waals surface area contributed by atoms with Crippen LogP contribution in [0.2, 0.25) is 5.02 Å². The largest absolute Gasteiger partial charge is 0.481 e. The molecule has 3 heterocycles. The molecule has 0 saturated heterocycles. The van der Waals surface area contributed by atoms with Crippen LogP contribution in [0.3, 0.4) is 0 Å². The van der Waals surface area contributed by atoms with E-state index in [9.17, 15) is 4.39 Å². The summed E-state index contributed by atoms with van der Waals surface area (Å²) in [6, 6.07) is 8.70. The number of benzene rings is 1. The lowest BCUT2D eigenvalue weighted by molar-refractivity contribution is 0.399. The third-order valence-corrected chi connectivity index (χ3v) is 5.66. The summed E-state index contributed by atoms with van der Waals surface area (Å²) in [7, 11) is 3.30. The van der Waals surface area contributed by atoms with Crippen LogP contribution in [0.25, 0.3) is 33.2 Å². The number of aromatic nitrogens is 3. The van der Waals surface area contributed by atoms with Crippen LogP contribution in [0.15, 0.2) is 47.2 Å². The van der Waals surface area contributed by atoms with E-state index in [1.807, 2.05) is 26.1 Å². The van der Waals surface area contributed by atoms with E-state index in [0.717, 1.165) is 33.5 Å². The fourth-order valence-electron chi connectivity index (χ4n) is 3.32. The van der Waals surface area contributed by atoms with Crippen LogP contribution in [-0.4, -0.2) is 29.1 Å². The maximum absolute atomic E-state index is 14.9. The highest BCUT2D eigenvalue weighted by Crippen LogP contribution is 2.39. The number of ether oxygens (including phenoxy) is 1. The minimum absolute atomic E-state index is 0.295. The molecule has 0 spiro atoms. The Kier molecular flexibility index (Phi) is 5.58. The fourth-order valence-corrected chi connectivity index (χ4v) is 4.00. The SMILES string of the molecule is CNc1cc2nc(C)c(-c3cc(-c4cc(Cl)cnc4OC)c(F)cc3Br)cc2cn1. The predicted octanol–water partition coefficient (Wildman–Crippen LogP) is 6.27. The normalized spacial score (nSPS) is 11.0. The Morgan fingerprint density at radius 2 is 1.80 bits per heavy atom. The number of rotatable bonds is 4. The van der Waals surface area contributed by atoms with Gasteiger partial charge in [0.1, 0.15) is 11.6 Å². The maximum atomic E-state index is 14.9. The molecule has 1 aromatic carbocycles. The molecule has 0 aliphatic carbocycles. The second-order valence-corrected chi connectivity index (χ2v) is 7.95. The Balaban J connectivity index is 1.93. The van der Waals surface area contributed by atoms with Gasteiger partial charge < -0.3 is 10.1 Å². The molecular weight excluding hydrogens is 471 g/mol. The Hall–Kier alpha value is -2.77. The molecule has 152 valence electrons. The van der Waals surface area contributed by atoms with Crippen molar-refractivity contribution < 1.29 is 9.13 Å². The van der Waals surface area contributed by atoms with E-state index in [1.165, 1.54) is 19.4 Å². The van der Waals surface area contributed by atoms with Crippen molar-refractivity contribution >= 4 is 44.3 Å². The summed E-state index contributed by atoms with van der Waals surface area (Å²) in [6.07, 6.45) is 3.23. The standard InChI is InChI=1S/C22H17BrClFN4O/c1-11-14(4-12-9-27-21(26-2)8-20(12)29-11)15-6-16(19(25)7-18(15)23)17-5-13(24)10-28-22(17)30-3/h4-10H,1-3H3,(H,26,27). The zero-order valence-corrected chi connectivity index (χ0v) is 18.8. The molecule has 0 radical (unpaired) electrons. The number of methoxy groups -OCH3 is 1. The van der Waals surface area contributed by atoms with Crippen molar-refractivity contribution in [3.63, 3.8) is 0 Å². The first-order chi connectivity index (χ1) is 14.4. The Bertz CT molecular complexity index is 1280. The van der Waals surface area contributed by atoms with Crippen LogP contribution >= 0.6 is 27.5 Å². The van der Waals surface area contributed by atoms with Crippen LogP contribution in [0.4, 0.5) is 10.2 Å². The summed E-state index contributed by atoms with van der Waals surface area (Å²) in [5, 5.41) is 4.29. The first kappa shape index (κ1) is 20.5. The highest BCUT2D eigenvalue weighted by atomic mass is 79.9. The van der Waals surface area contributed by atoms with Gasteiger partial charge in [0, 0.05) is 57.8 Å². The highest BCUT2D eigenvalue weighted by Gasteiger charge is 2.18. The zero-order valence-electron chi connectivity index (χ0n) is 16.4. The summed E-state index contributed by atoms with van der Waals surface area (Å²) in [5.74, 6) is 0.622. The Morgan fingerprint density at radius 1 is 1.00 bits per heavy atom. The fraction of sp³-hybridized carbons (Fsp3) is 0.136. The molecule has 0 bridgehead atoms. The molecule has 4 rings (SSSR count). The first-order valence-corrected chi connectivity index (χ1v) is 10.2. The number of pyridine rings is 3. The van der Waals surface area contributed by atoms with Crippen molar-refractivity contribution in [1.82, 2.24) is 15.0 Å². The highest BCUT2D eigenvalue weighted by molar-refractivity contribution is 9.10. The van der Waals surface area contributed by atoms with Gasteiger partial charge in [-0.05, 0) is 36.8 Å². The minimum atomic E-state index is -0.417. The van der Waals surface area contributed by atoms with Crippen molar-refractivity contribution in [2.75, 3.05) is 19.5 Å². The monoisotopic (exact) mass is 486 g/mol. The van der Waals surface area contributed by atoms with E-state index < -0.39 is 5.82 Å². The summed E-state index contributed by atoms with van der Waals surface area (Å²) in [4.78, 5) is 13.2. The molecule has 3 aromatic heterocycles. The van der Waals surface area contributed by atoms with Crippen molar-refractivity contribution in [3.05, 3.63) is 63.7 Å². The molecule has 5 nitrogen and oxygen atoms in total. The number of anilines is 1. The van der Waals surface area contributed by atoms with Gasteiger partial charge in [0.15, 0.2) is 0 Å². The first-order valence-electron chi connectivity index (χ1n) is 9.05. The second-order valence-electron chi connectivity index (χ2n) is 6.66. The Morgan fingerprint density at radius 3 is 2.53 bits per heavy atom. The quantitative estimate of drug-likeness (QED) is 0.367. The van der Waals surface area contributed by atoms with Crippen LogP contribution in [0.5, 0.6) is 5.88 Å². The predicted molar refractivity (Wildman–Crippen MR) is 122 cm³/mol. The van der Waals surface area contributed by atoms with Crippen molar-refractivity contribution in [2.45, 2.75) is 6.92 Å². The van der Waals surface area contributed by atoms with Crippen LogP contribution in [-0.2, 0) is 0 Å². The topological polar surface area (TPSA) is 59.9 Å². The van der Waals surface area contributed by atoms with Crippen molar-refractivity contribution in [2.24, 2.45) is 0 Å². The van der Waals surface area contributed by atoms with Gasteiger partial charge in [0.2, 0.25) is 5.88 Å². The summed E-state index contributed by atoms with van der Waals surface area (Å²) in [6.45, 7) is 1.92. The lowest BCUT2D eigenvalue weighted by Gasteiger charge is -2.14. The van der Waals surface area contributed by atoms with E-state index in [1.54, 1.807) is 18.3 Å². The van der Waals surface area contributed by atoms with Gasteiger partial charge in [-0.15, -0.1) is 0 Å². The van der Waals surface area contributed by atoms with Crippen LogP contribution < -0.4 is 10.1 Å². The van der Waals surface area contributed by atoms with E-state index in [0.29, 0.717) is 26.5 Å². The summed E-state index contributed by atoms with van der Waals surface area (Å²) in [5.41, 5.74) is 4.10. The van der Waals surface area contributed by atoms with E-state index in [4.69, 9.17) is 21.3 Å². The van der Waals surface area contributed by atoms with Gasteiger partial charge in [-0.3, -0.25) is 4.98 Å². The number of hydrogen-bond donors (Lipinski definition) is 1. The lowest BCUT2D eigenvalue weighted by atomic mass is 9.97. The molecular formula is C22H17BrClFN4O. The van der Waals surface area contributed by atoms with Gasteiger partial charge in [-0.1, -0.05) is 27.5 Å². The molecule has 0 unspecified atom stereocenters. The molecule has 1 N–H and O–H groups in total. The minimum Gasteiger partial charge on any atom is -0.481 e. The molecule has 0 saturated carbocycles. The smallest absolute Gasteiger partial charge is 0.221 e. The number of halogens is 3. The number of nitrogens with zero attached hydrogens (tertiary/aromatic N) is 3. The van der Waals surface area contributed by atoms with Crippen molar-refractivity contribution in [1.29, 1.82) is 0 Å². The molecule has 0 fully saturated rings. The molecule has 0 aliphatic heterocycles. The molecule has 0 aliphatic rings.